The number of hydrogen-bond acceptors (Lipinski definition) is 14. The molecule has 0 aromatic heterocycles. The summed E-state index contributed by atoms with van der Waals surface area (Å²) in [4.78, 5) is 43.6. The van der Waals surface area contributed by atoms with Gasteiger partial charge in [0.05, 0.1) is 48.7 Å². The second-order valence-electron chi connectivity index (χ2n) is 13.5. The highest BCUT2D eigenvalue weighted by Crippen LogP contribution is 2.53. The number of amides is 1. The molecule has 0 bridgehead atoms. The summed E-state index contributed by atoms with van der Waals surface area (Å²) in [5.41, 5.74) is -3.01. The first-order valence-corrected chi connectivity index (χ1v) is 16.5. The number of morpholine rings is 1. The molecule has 4 heterocycles. The maximum absolute atomic E-state index is 14.0. The SMILES string of the molecule is COc1cccc2c1C(=O)c1c(O)c3c(c(O)c1C2=O)C[C@@](O)(C(=O)NC1CNC1)C[C@@H]3O[C@H]1C[C@H]2[C@H](O[C@@H]3[C@@H](OC)OCCN32)[C@H](C)O1. The number of nitrogens with zero attached hydrogens (tertiary/aromatic N) is 1. The number of carbonyl (C=O) groups excluding carboxylic acids is 3. The van der Waals surface area contributed by atoms with Gasteiger partial charge in [0, 0.05) is 68.7 Å². The summed E-state index contributed by atoms with van der Waals surface area (Å²) in [5, 5.41) is 41.5. The van der Waals surface area contributed by atoms with Crippen molar-refractivity contribution in [1.29, 1.82) is 0 Å². The number of nitrogens with one attached hydrogen (secondary N) is 2. The van der Waals surface area contributed by atoms with E-state index in [1.807, 2.05) is 6.92 Å². The van der Waals surface area contributed by atoms with E-state index in [2.05, 4.69) is 15.5 Å². The normalized spacial score (nSPS) is 33.8. The average molecular weight is 682 g/mol. The summed E-state index contributed by atoms with van der Waals surface area (Å²) >= 11 is 0. The van der Waals surface area contributed by atoms with E-state index in [0.29, 0.717) is 32.7 Å². The van der Waals surface area contributed by atoms with E-state index >= 15 is 0 Å². The zero-order valence-corrected chi connectivity index (χ0v) is 27.3. The van der Waals surface area contributed by atoms with Gasteiger partial charge in [-0.25, -0.2) is 0 Å². The fourth-order valence-corrected chi connectivity index (χ4v) is 8.21. The quantitative estimate of drug-likeness (QED) is 0.222. The van der Waals surface area contributed by atoms with Gasteiger partial charge >= 0.3 is 0 Å². The molecule has 4 fully saturated rings. The number of ether oxygens (including phenoxy) is 6. The fourth-order valence-electron chi connectivity index (χ4n) is 8.21. The van der Waals surface area contributed by atoms with Gasteiger partial charge in [-0.1, -0.05) is 12.1 Å². The standard InChI is InChI=1S/C34H39N3O12/c1-14-30-18(37-7-8-46-32(45-3)31(37)49-30)9-21(47-14)48-20-11-34(43,33(42)36-15-12-35-13-15)10-17-23(20)29(41)25-24(27(17)39)26(38)16-5-4-6-19(44-2)22(16)28(25)40/h4-6,14-15,18,20-21,30-32,35,39,41,43H,7-13H2,1-3H3,(H,36,42)/t14-,18-,20-,21-,30+,31+,32-,34-/m0/s1. The van der Waals surface area contributed by atoms with Gasteiger partial charge < -0.3 is 54.4 Å². The molecule has 49 heavy (non-hydrogen) atoms. The molecule has 6 aliphatic rings. The summed E-state index contributed by atoms with van der Waals surface area (Å²) in [7, 11) is 2.92. The monoisotopic (exact) mass is 681 g/mol. The molecule has 8 atom stereocenters. The smallest absolute Gasteiger partial charge is 0.252 e. The van der Waals surface area contributed by atoms with Gasteiger partial charge in [-0.05, 0) is 13.0 Å². The number of aromatic hydroxyl groups is 2. The Kier molecular flexibility index (Phi) is 7.96. The lowest BCUT2D eigenvalue weighted by Gasteiger charge is -2.43. The summed E-state index contributed by atoms with van der Waals surface area (Å²) < 4.78 is 35.8. The van der Waals surface area contributed by atoms with Crippen molar-refractivity contribution in [2.24, 2.45) is 0 Å². The molecule has 4 aliphatic heterocycles. The molecule has 2 aliphatic carbocycles. The number of fused-ring (bicyclic) bond motifs is 6. The lowest BCUT2D eigenvalue weighted by molar-refractivity contribution is -0.256. The van der Waals surface area contributed by atoms with Crippen molar-refractivity contribution in [1.82, 2.24) is 15.5 Å². The van der Waals surface area contributed by atoms with Crippen molar-refractivity contribution in [3.05, 3.63) is 51.6 Å². The van der Waals surface area contributed by atoms with Crippen molar-refractivity contribution >= 4 is 17.5 Å². The molecule has 0 radical (unpaired) electrons. The molecule has 8 rings (SSSR count). The first-order chi connectivity index (χ1) is 23.5. The number of ketones is 2. The van der Waals surface area contributed by atoms with Crippen molar-refractivity contribution in [2.45, 2.75) is 81.0 Å². The zero-order chi connectivity index (χ0) is 34.4. The van der Waals surface area contributed by atoms with Crippen LogP contribution in [0.4, 0.5) is 0 Å². The van der Waals surface area contributed by atoms with Crippen LogP contribution in [-0.2, 0) is 34.9 Å². The molecule has 15 heteroatoms. The molecule has 15 nitrogen and oxygen atoms in total. The summed E-state index contributed by atoms with van der Waals surface area (Å²) in [6.45, 7) is 3.95. The van der Waals surface area contributed by atoms with Crippen molar-refractivity contribution in [2.75, 3.05) is 40.5 Å². The van der Waals surface area contributed by atoms with Gasteiger partial charge in [0.2, 0.25) is 5.78 Å². The van der Waals surface area contributed by atoms with Crippen LogP contribution in [0.1, 0.15) is 68.8 Å². The maximum Gasteiger partial charge on any atom is 0.252 e. The van der Waals surface area contributed by atoms with E-state index in [9.17, 15) is 29.7 Å². The highest BCUT2D eigenvalue weighted by atomic mass is 16.7. The largest absolute Gasteiger partial charge is 0.507 e. The Morgan fingerprint density at radius 1 is 1.08 bits per heavy atom. The first-order valence-electron chi connectivity index (χ1n) is 16.5. The molecule has 0 unspecified atom stereocenters. The number of carbonyl (C=O) groups is 3. The summed E-state index contributed by atoms with van der Waals surface area (Å²) in [6.07, 6.45) is -4.37. The van der Waals surface area contributed by atoms with Crippen LogP contribution in [-0.4, -0.2) is 127 Å². The van der Waals surface area contributed by atoms with Crippen LogP contribution in [0.2, 0.25) is 0 Å². The molecule has 4 saturated heterocycles. The third-order valence-electron chi connectivity index (χ3n) is 10.7. The van der Waals surface area contributed by atoms with Crippen LogP contribution in [0.3, 0.4) is 0 Å². The number of phenols is 2. The van der Waals surface area contributed by atoms with Crippen molar-refractivity contribution < 1.29 is 58.1 Å². The van der Waals surface area contributed by atoms with Crippen LogP contribution < -0.4 is 15.4 Å². The number of phenolic OH excluding ortho intramolecular Hbond substituents is 2. The zero-order valence-electron chi connectivity index (χ0n) is 27.3. The number of benzene rings is 2. The summed E-state index contributed by atoms with van der Waals surface area (Å²) in [6, 6.07) is 4.17. The minimum atomic E-state index is -2.10. The molecule has 262 valence electrons. The van der Waals surface area contributed by atoms with Crippen LogP contribution >= 0.6 is 0 Å². The predicted molar refractivity (Wildman–Crippen MR) is 166 cm³/mol. The molecular formula is C34H39N3O12. The van der Waals surface area contributed by atoms with Crippen LogP contribution in [0, 0.1) is 0 Å². The highest BCUT2D eigenvalue weighted by Gasteiger charge is 2.55. The number of rotatable bonds is 6. The second kappa shape index (κ2) is 12.0. The van der Waals surface area contributed by atoms with E-state index in [0.717, 1.165) is 0 Å². The Balaban J connectivity index is 1.19. The van der Waals surface area contributed by atoms with Gasteiger partial charge in [0.1, 0.15) is 29.0 Å². The van der Waals surface area contributed by atoms with E-state index in [1.165, 1.54) is 19.2 Å². The number of methoxy groups -OCH3 is 2. The molecule has 2 aromatic carbocycles. The van der Waals surface area contributed by atoms with E-state index in [1.54, 1.807) is 13.2 Å². The van der Waals surface area contributed by atoms with E-state index in [-0.39, 0.29) is 52.6 Å². The molecular weight excluding hydrogens is 642 g/mol. The van der Waals surface area contributed by atoms with Crippen LogP contribution in [0.25, 0.3) is 0 Å². The minimum Gasteiger partial charge on any atom is -0.507 e. The predicted octanol–water partition coefficient (Wildman–Crippen LogP) is 0.238. The Morgan fingerprint density at radius 2 is 1.86 bits per heavy atom. The van der Waals surface area contributed by atoms with Gasteiger partial charge in [0.15, 0.2) is 24.6 Å². The lowest BCUT2D eigenvalue weighted by atomic mass is 9.72. The minimum absolute atomic E-state index is 0.00304. The van der Waals surface area contributed by atoms with Crippen molar-refractivity contribution in [3.63, 3.8) is 0 Å². The average Bonchev–Trinajstić information content (AvgIpc) is 3.45. The molecule has 2 aromatic rings. The topological polar surface area (TPSA) is 195 Å². The third kappa shape index (κ3) is 4.98. The van der Waals surface area contributed by atoms with E-state index < -0.39 is 83.1 Å². The number of hydrogen-bond donors (Lipinski definition) is 5. The first kappa shape index (κ1) is 32.5. The third-order valence-corrected chi connectivity index (χ3v) is 10.7. The molecule has 0 spiro atoms. The Labute approximate surface area is 281 Å². The fraction of sp³-hybridized carbons (Fsp3) is 0.559. The lowest BCUT2D eigenvalue weighted by Crippen LogP contribution is -2.62. The molecule has 1 amide bonds. The van der Waals surface area contributed by atoms with Gasteiger partial charge in [-0.2, -0.15) is 0 Å². The Morgan fingerprint density at radius 3 is 2.57 bits per heavy atom. The Bertz CT molecular complexity index is 1730. The van der Waals surface area contributed by atoms with Crippen LogP contribution in [0.5, 0.6) is 17.2 Å². The highest BCUT2D eigenvalue weighted by molar-refractivity contribution is 6.31. The molecule has 0 saturated carbocycles. The van der Waals surface area contributed by atoms with Crippen LogP contribution in [0.15, 0.2) is 18.2 Å². The van der Waals surface area contributed by atoms with E-state index in [4.69, 9.17) is 28.4 Å². The van der Waals surface area contributed by atoms with Crippen molar-refractivity contribution in [3.8, 4) is 17.2 Å². The summed E-state index contributed by atoms with van der Waals surface area (Å²) in [5.74, 6) is -3.15. The van der Waals surface area contributed by atoms with Gasteiger partial charge in [-0.3, -0.25) is 19.3 Å². The number of aliphatic hydroxyl groups is 1. The second-order valence-corrected chi connectivity index (χ2v) is 13.5. The molecule has 5 N–H and O–H groups in total. The Hall–Kier alpha value is -3.67. The van der Waals surface area contributed by atoms with Gasteiger partial charge in [-0.15, -0.1) is 0 Å². The van der Waals surface area contributed by atoms with Gasteiger partial charge in [0.25, 0.3) is 5.91 Å². The maximum atomic E-state index is 14.0.